The number of rotatable bonds is 5. The van der Waals surface area contributed by atoms with Gasteiger partial charge in [-0.15, -0.1) is 0 Å². The smallest absolute Gasteiger partial charge is 0.122 e. The quantitative estimate of drug-likeness (QED) is 0.875. The predicted octanol–water partition coefficient (Wildman–Crippen LogP) is 4.23. The largest absolute Gasteiger partial charge is 0.493 e. The maximum Gasteiger partial charge on any atom is 0.122 e. The first kappa shape index (κ1) is 13.0. The Morgan fingerprint density at radius 1 is 1.15 bits per heavy atom. The van der Waals surface area contributed by atoms with Gasteiger partial charge in [0.25, 0.3) is 0 Å². The van der Waals surface area contributed by atoms with Crippen LogP contribution in [-0.4, -0.2) is 13.2 Å². The lowest BCUT2D eigenvalue weighted by Gasteiger charge is -2.13. The summed E-state index contributed by atoms with van der Waals surface area (Å²) in [6, 6.07) is 17.1. The topological polar surface area (TPSA) is 21.3 Å². The molecule has 104 valence electrons. The van der Waals surface area contributed by atoms with Gasteiger partial charge in [0.05, 0.1) is 6.61 Å². The molecule has 1 heterocycles. The summed E-state index contributed by atoms with van der Waals surface area (Å²) in [5.41, 5.74) is 3.94. The van der Waals surface area contributed by atoms with E-state index in [0.29, 0.717) is 5.92 Å². The molecule has 0 saturated carbocycles. The van der Waals surface area contributed by atoms with Crippen LogP contribution in [0, 0.1) is 0 Å². The summed E-state index contributed by atoms with van der Waals surface area (Å²) in [7, 11) is 0. The van der Waals surface area contributed by atoms with Crippen molar-refractivity contribution in [3.8, 4) is 5.75 Å². The zero-order chi connectivity index (χ0) is 13.8. The van der Waals surface area contributed by atoms with Crippen molar-refractivity contribution in [2.24, 2.45) is 0 Å². The average molecular weight is 267 g/mol. The molecule has 2 aromatic carbocycles. The van der Waals surface area contributed by atoms with Gasteiger partial charge in [-0.25, -0.2) is 0 Å². The van der Waals surface area contributed by atoms with Crippen LogP contribution in [0.15, 0.2) is 48.5 Å². The molecule has 2 heteroatoms. The molecule has 0 spiro atoms. The Hall–Kier alpha value is -1.96. The molecule has 0 amide bonds. The van der Waals surface area contributed by atoms with Crippen LogP contribution >= 0.6 is 0 Å². The molecule has 1 N–H and O–H groups in total. The summed E-state index contributed by atoms with van der Waals surface area (Å²) >= 11 is 0. The number of nitrogens with one attached hydrogen (secondary N) is 1. The zero-order valence-corrected chi connectivity index (χ0v) is 11.9. The van der Waals surface area contributed by atoms with E-state index in [1.807, 2.05) is 0 Å². The monoisotopic (exact) mass is 267 g/mol. The van der Waals surface area contributed by atoms with Crippen LogP contribution in [0.3, 0.4) is 0 Å². The Kier molecular flexibility index (Phi) is 3.91. The third-order valence-corrected chi connectivity index (χ3v) is 3.96. The van der Waals surface area contributed by atoms with Crippen LogP contribution in [0.25, 0.3) is 0 Å². The standard InChI is InChI=1S/C18H21NO/c1-14(15-5-3-2-4-6-15)9-11-19-17-7-8-18-16(13-17)10-12-20-18/h2-8,13-14,19H,9-12H2,1H3. The normalized spacial score (nSPS) is 14.4. The minimum Gasteiger partial charge on any atom is -0.493 e. The molecule has 0 saturated heterocycles. The van der Waals surface area contributed by atoms with E-state index in [1.54, 1.807) is 0 Å². The third kappa shape index (κ3) is 2.96. The number of ether oxygens (including phenoxy) is 1. The molecule has 0 radical (unpaired) electrons. The first-order valence-corrected chi connectivity index (χ1v) is 7.37. The lowest BCUT2D eigenvalue weighted by Crippen LogP contribution is -2.06. The SMILES string of the molecule is CC(CCNc1ccc2c(c1)CCO2)c1ccccc1. The van der Waals surface area contributed by atoms with Crippen molar-refractivity contribution in [3.05, 3.63) is 59.7 Å². The second-order valence-electron chi connectivity index (χ2n) is 5.45. The minimum absolute atomic E-state index is 0.585. The summed E-state index contributed by atoms with van der Waals surface area (Å²) in [5, 5.41) is 3.52. The Labute approximate surface area is 120 Å². The van der Waals surface area contributed by atoms with E-state index in [1.165, 1.54) is 16.8 Å². The number of hydrogen-bond acceptors (Lipinski definition) is 2. The van der Waals surface area contributed by atoms with Gasteiger partial charge >= 0.3 is 0 Å². The highest BCUT2D eigenvalue weighted by atomic mass is 16.5. The van der Waals surface area contributed by atoms with Gasteiger partial charge in [0, 0.05) is 18.7 Å². The van der Waals surface area contributed by atoms with Gasteiger partial charge in [-0.1, -0.05) is 37.3 Å². The third-order valence-electron chi connectivity index (χ3n) is 3.96. The van der Waals surface area contributed by atoms with Crippen molar-refractivity contribution in [1.29, 1.82) is 0 Å². The second-order valence-corrected chi connectivity index (χ2v) is 5.45. The van der Waals surface area contributed by atoms with E-state index in [2.05, 4.69) is 60.8 Å². The lowest BCUT2D eigenvalue weighted by atomic mass is 9.98. The molecule has 1 aliphatic heterocycles. The summed E-state index contributed by atoms with van der Waals surface area (Å²) < 4.78 is 5.53. The molecular weight excluding hydrogens is 246 g/mol. The molecule has 2 aromatic rings. The summed E-state index contributed by atoms with van der Waals surface area (Å²) in [6.07, 6.45) is 2.17. The van der Waals surface area contributed by atoms with E-state index >= 15 is 0 Å². The molecule has 0 aliphatic carbocycles. The number of anilines is 1. The van der Waals surface area contributed by atoms with E-state index in [0.717, 1.165) is 31.7 Å². The second kappa shape index (κ2) is 6.00. The number of benzene rings is 2. The summed E-state index contributed by atoms with van der Waals surface area (Å²) in [4.78, 5) is 0. The van der Waals surface area contributed by atoms with E-state index in [-0.39, 0.29) is 0 Å². The van der Waals surface area contributed by atoms with Crippen molar-refractivity contribution in [1.82, 2.24) is 0 Å². The van der Waals surface area contributed by atoms with Gasteiger partial charge in [0.15, 0.2) is 0 Å². The number of hydrogen-bond donors (Lipinski definition) is 1. The van der Waals surface area contributed by atoms with E-state index in [4.69, 9.17) is 4.74 Å². The molecule has 2 nitrogen and oxygen atoms in total. The van der Waals surface area contributed by atoms with Crippen molar-refractivity contribution < 1.29 is 4.74 Å². The maximum atomic E-state index is 5.53. The molecule has 0 bridgehead atoms. The van der Waals surface area contributed by atoms with Crippen LogP contribution in [0.5, 0.6) is 5.75 Å². The van der Waals surface area contributed by atoms with E-state index in [9.17, 15) is 0 Å². The van der Waals surface area contributed by atoms with E-state index < -0.39 is 0 Å². The van der Waals surface area contributed by atoms with Crippen molar-refractivity contribution in [2.75, 3.05) is 18.5 Å². The van der Waals surface area contributed by atoms with Gasteiger partial charge in [0.2, 0.25) is 0 Å². The Morgan fingerprint density at radius 3 is 2.85 bits per heavy atom. The fraction of sp³-hybridized carbons (Fsp3) is 0.333. The van der Waals surface area contributed by atoms with Crippen LogP contribution in [-0.2, 0) is 6.42 Å². The van der Waals surface area contributed by atoms with Crippen LogP contribution in [0.4, 0.5) is 5.69 Å². The molecule has 1 atom stereocenters. The Bertz CT molecular complexity index is 565. The highest BCUT2D eigenvalue weighted by molar-refractivity contribution is 5.52. The van der Waals surface area contributed by atoms with Crippen molar-refractivity contribution in [3.63, 3.8) is 0 Å². The summed E-state index contributed by atoms with van der Waals surface area (Å²) in [5.74, 6) is 1.63. The van der Waals surface area contributed by atoms with Gasteiger partial charge < -0.3 is 10.1 Å². The number of fused-ring (bicyclic) bond motifs is 1. The summed E-state index contributed by atoms with van der Waals surface area (Å²) in [6.45, 7) is 4.10. The Balaban J connectivity index is 1.53. The molecule has 0 fully saturated rings. The van der Waals surface area contributed by atoms with Gasteiger partial charge in [-0.3, -0.25) is 0 Å². The minimum atomic E-state index is 0.585. The molecule has 20 heavy (non-hydrogen) atoms. The first-order valence-electron chi connectivity index (χ1n) is 7.37. The van der Waals surface area contributed by atoms with Gasteiger partial charge in [0.1, 0.15) is 5.75 Å². The molecule has 1 unspecified atom stereocenters. The maximum absolute atomic E-state index is 5.53. The molecule has 3 rings (SSSR count). The van der Waals surface area contributed by atoms with Crippen molar-refractivity contribution >= 4 is 5.69 Å². The lowest BCUT2D eigenvalue weighted by molar-refractivity contribution is 0.357. The van der Waals surface area contributed by atoms with Gasteiger partial charge in [-0.2, -0.15) is 0 Å². The zero-order valence-electron chi connectivity index (χ0n) is 11.9. The highest BCUT2D eigenvalue weighted by Crippen LogP contribution is 2.28. The molecule has 1 aliphatic rings. The fourth-order valence-electron chi connectivity index (χ4n) is 2.68. The first-order chi connectivity index (χ1) is 9.83. The van der Waals surface area contributed by atoms with Crippen LogP contribution in [0.2, 0.25) is 0 Å². The molecule has 0 aromatic heterocycles. The Morgan fingerprint density at radius 2 is 2.00 bits per heavy atom. The van der Waals surface area contributed by atoms with Gasteiger partial charge in [-0.05, 0) is 41.7 Å². The fourth-order valence-corrected chi connectivity index (χ4v) is 2.68. The van der Waals surface area contributed by atoms with Crippen molar-refractivity contribution in [2.45, 2.75) is 25.7 Å². The average Bonchev–Trinajstić information content (AvgIpc) is 2.95. The van der Waals surface area contributed by atoms with Crippen LogP contribution < -0.4 is 10.1 Å². The highest BCUT2D eigenvalue weighted by Gasteiger charge is 2.12. The molecular formula is C18H21NO. The predicted molar refractivity (Wildman–Crippen MR) is 83.6 cm³/mol. The van der Waals surface area contributed by atoms with Crippen LogP contribution in [0.1, 0.15) is 30.4 Å².